The molecule has 3 N–H and O–H groups in total. The summed E-state index contributed by atoms with van der Waals surface area (Å²) >= 11 is 0. The van der Waals surface area contributed by atoms with Gasteiger partial charge in [-0.25, -0.2) is 13.2 Å². The molecule has 0 fully saturated rings. The first kappa shape index (κ1) is 15.6. The molecule has 0 aliphatic heterocycles. The summed E-state index contributed by atoms with van der Waals surface area (Å²) in [6.45, 7) is -0.512. The molecule has 7 nitrogen and oxygen atoms in total. The highest BCUT2D eigenvalue weighted by molar-refractivity contribution is 7.92. The van der Waals surface area contributed by atoms with Gasteiger partial charge in [0.15, 0.2) is 6.61 Å². The number of nitrogens with one attached hydrogen (secondary N) is 1. The molecule has 0 saturated carbocycles. The van der Waals surface area contributed by atoms with E-state index in [2.05, 4.69) is 4.72 Å². The highest BCUT2D eigenvalue weighted by atomic mass is 32.2. The second-order valence-electron chi connectivity index (χ2n) is 4.28. The number of hydrogen-bond acceptors (Lipinski definition) is 5. The van der Waals surface area contributed by atoms with Gasteiger partial charge in [-0.3, -0.25) is 4.72 Å². The number of phenolic OH excluding ortho intramolecular Hbond substituents is 1. The van der Waals surface area contributed by atoms with E-state index in [0.29, 0.717) is 0 Å². The molecule has 0 atom stereocenters. The summed E-state index contributed by atoms with van der Waals surface area (Å²) in [6, 6.07) is 11.2. The number of benzene rings is 2. The molecule has 0 bridgehead atoms. The van der Waals surface area contributed by atoms with Gasteiger partial charge in [-0.15, -0.1) is 0 Å². The zero-order chi connectivity index (χ0) is 16.2. The lowest BCUT2D eigenvalue weighted by Gasteiger charge is -2.10. The van der Waals surface area contributed by atoms with Crippen LogP contribution < -0.4 is 9.46 Å². The Balaban J connectivity index is 2.16. The molecule has 22 heavy (non-hydrogen) atoms. The molecule has 0 aliphatic carbocycles. The normalized spacial score (nSPS) is 10.9. The van der Waals surface area contributed by atoms with Crippen molar-refractivity contribution in [2.75, 3.05) is 11.3 Å². The molecule has 0 aromatic heterocycles. The highest BCUT2D eigenvalue weighted by Gasteiger charge is 2.16. The molecule has 0 saturated heterocycles. The smallest absolute Gasteiger partial charge is 0.341 e. The van der Waals surface area contributed by atoms with Crippen molar-refractivity contribution in [2.24, 2.45) is 0 Å². The van der Waals surface area contributed by atoms with Crippen LogP contribution in [-0.4, -0.2) is 31.2 Å². The van der Waals surface area contributed by atoms with Gasteiger partial charge >= 0.3 is 5.97 Å². The van der Waals surface area contributed by atoms with Gasteiger partial charge in [-0.1, -0.05) is 12.1 Å². The monoisotopic (exact) mass is 323 g/mol. The van der Waals surface area contributed by atoms with Crippen LogP contribution in [0.15, 0.2) is 53.4 Å². The minimum Gasteiger partial charge on any atom is -0.506 e. The highest BCUT2D eigenvalue weighted by Crippen LogP contribution is 2.25. The largest absolute Gasteiger partial charge is 0.506 e. The van der Waals surface area contributed by atoms with E-state index in [1.165, 1.54) is 36.4 Å². The average Bonchev–Trinajstić information content (AvgIpc) is 2.48. The van der Waals surface area contributed by atoms with Crippen LogP contribution in [0.3, 0.4) is 0 Å². The summed E-state index contributed by atoms with van der Waals surface area (Å²) in [6.07, 6.45) is 0. The maximum Gasteiger partial charge on any atom is 0.341 e. The van der Waals surface area contributed by atoms with Crippen LogP contribution in [0.25, 0.3) is 0 Å². The van der Waals surface area contributed by atoms with Gasteiger partial charge in [-0.05, 0) is 36.4 Å². The SMILES string of the molecule is O=C(O)COc1ccc(S(=O)(=O)Nc2ccccc2O)cc1. The van der Waals surface area contributed by atoms with E-state index >= 15 is 0 Å². The minimum atomic E-state index is -3.87. The van der Waals surface area contributed by atoms with Crippen LogP contribution in [-0.2, 0) is 14.8 Å². The zero-order valence-electron chi connectivity index (χ0n) is 11.3. The van der Waals surface area contributed by atoms with Gasteiger partial charge in [0.05, 0.1) is 10.6 Å². The molecule has 0 aliphatic rings. The van der Waals surface area contributed by atoms with E-state index in [-0.39, 0.29) is 22.1 Å². The summed E-state index contributed by atoms with van der Waals surface area (Å²) in [7, 11) is -3.87. The third-order valence-corrected chi connectivity index (χ3v) is 4.03. The fourth-order valence-corrected chi connectivity index (χ4v) is 2.70. The third-order valence-electron chi connectivity index (χ3n) is 2.64. The molecule has 0 spiro atoms. The number of phenols is 1. The molecule has 8 heteroatoms. The Kier molecular flexibility index (Phi) is 4.52. The number of aromatic hydroxyl groups is 1. The van der Waals surface area contributed by atoms with Crippen molar-refractivity contribution in [1.29, 1.82) is 0 Å². The number of ether oxygens (including phenoxy) is 1. The van der Waals surface area contributed by atoms with E-state index in [9.17, 15) is 18.3 Å². The van der Waals surface area contributed by atoms with Crippen molar-refractivity contribution in [3.05, 3.63) is 48.5 Å². The predicted octanol–water partition coefficient (Wildman–Crippen LogP) is 1.66. The summed E-state index contributed by atoms with van der Waals surface area (Å²) < 4.78 is 31.5. The zero-order valence-corrected chi connectivity index (χ0v) is 12.1. The molecule has 116 valence electrons. The first-order valence-corrected chi connectivity index (χ1v) is 7.62. The van der Waals surface area contributed by atoms with Crippen molar-refractivity contribution in [3.63, 3.8) is 0 Å². The van der Waals surface area contributed by atoms with Gasteiger partial charge in [-0.2, -0.15) is 0 Å². The topological polar surface area (TPSA) is 113 Å². The van der Waals surface area contributed by atoms with Gasteiger partial charge in [0, 0.05) is 0 Å². The Labute approximate surface area is 126 Å². The standard InChI is InChI=1S/C14H13NO6S/c16-13-4-2-1-3-12(13)15-22(19,20)11-7-5-10(6-8-11)21-9-14(17)18/h1-8,15-16H,9H2,(H,17,18). The maximum atomic E-state index is 12.2. The molecule has 2 rings (SSSR count). The lowest BCUT2D eigenvalue weighted by atomic mass is 10.3. The minimum absolute atomic E-state index is 0.0431. The van der Waals surface area contributed by atoms with Crippen LogP contribution in [0.2, 0.25) is 0 Å². The number of carboxylic acids is 1. The summed E-state index contributed by atoms with van der Waals surface area (Å²) in [4.78, 5) is 10.3. The predicted molar refractivity (Wildman–Crippen MR) is 78.5 cm³/mol. The summed E-state index contributed by atoms with van der Waals surface area (Å²) in [5.41, 5.74) is 0.0636. The second-order valence-corrected chi connectivity index (χ2v) is 5.96. The average molecular weight is 323 g/mol. The van der Waals surface area contributed by atoms with E-state index in [1.807, 2.05) is 0 Å². The number of carboxylic acid groups (broad SMARTS) is 1. The first-order chi connectivity index (χ1) is 10.4. The number of aliphatic carboxylic acids is 1. The Bertz CT molecular complexity index is 770. The van der Waals surface area contributed by atoms with Gasteiger partial charge in [0.2, 0.25) is 0 Å². The fraction of sp³-hybridized carbons (Fsp3) is 0.0714. The number of rotatable bonds is 6. The van der Waals surface area contributed by atoms with Crippen LogP contribution in [0.5, 0.6) is 11.5 Å². The van der Waals surface area contributed by atoms with E-state index in [1.54, 1.807) is 12.1 Å². The Morgan fingerprint density at radius 3 is 2.32 bits per heavy atom. The van der Waals surface area contributed by atoms with Crippen molar-refractivity contribution in [1.82, 2.24) is 0 Å². The Hall–Kier alpha value is -2.74. The Morgan fingerprint density at radius 2 is 1.73 bits per heavy atom. The lowest BCUT2D eigenvalue weighted by molar-refractivity contribution is -0.139. The first-order valence-electron chi connectivity index (χ1n) is 6.14. The fourth-order valence-electron chi connectivity index (χ4n) is 1.62. The molecule has 0 unspecified atom stereocenters. The molecule has 0 heterocycles. The van der Waals surface area contributed by atoms with Gasteiger partial charge in [0.25, 0.3) is 10.0 Å². The third kappa shape index (κ3) is 3.89. The van der Waals surface area contributed by atoms with E-state index < -0.39 is 22.6 Å². The van der Waals surface area contributed by atoms with Gasteiger partial charge in [0.1, 0.15) is 11.5 Å². The number of anilines is 1. The number of carbonyl (C=O) groups is 1. The quantitative estimate of drug-likeness (QED) is 0.697. The van der Waals surface area contributed by atoms with E-state index in [0.717, 1.165) is 0 Å². The summed E-state index contributed by atoms with van der Waals surface area (Å²) in [5, 5.41) is 18.1. The molecule has 0 amide bonds. The molecular formula is C14H13NO6S. The van der Waals surface area contributed by atoms with Crippen LogP contribution in [0.1, 0.15) is 0 Å². The summed E-state index contributed by atoms with van der Waals surface area (Å²) in [5.74, 6) is -1.07. The maximum absolute atomic E-state index is 12.2. The van der Waals surface area contributed by atoms with Crippen molar-refractivity contribution in [2.45, 2.75) is 4.90 Å². The van der Waals surface area contributed by atoms with Crippen LogP contribution >= 0.6 is 0 Å². The Morgan fingerprint density at radius 1 is 1.09 bits per heavy atom. The molecule has 2 aromatic rings. The van der Waals surface area contributed by atoms with Crippen LogP contribution in [0.4, 0.5) is 5.69 Å². The van der Waals surface area contributed by atoms with Crippen LogP contribution in [0, 0.1) is 0 Å². The van der Waals surface area contributed by atoms with E-state index in [4.69, 9.17) is 9.84 Å². The van der Waals surface area contributed by atoms with Gasteiger partial charge < -0.3 is 14.9 Å². The van der Waals surface area contributed by atoms with Crippen molar-refractivity contribution in [3.8, 4) is 11.5 Å². The second kappa shape index (κ2) is 6.35. The molecule has 0 radical (unpaired) electrons. The number of para-hydroxylation sites is 2. The molecule has 2 aromatic carbocycles. The molecular weight excluding hydrogens is 310 g/mol. The number of hydrogen-bond donors (Lipinski definition) is 3. The lowest BCUT2D eigenvalue weighted by Crippen LogP contribution is -2.13. The number of sulfonamides is 1. The van der Waals surface area contributed by atoms with Crippen molar-refractivity contribution < 1.29 is 28.2 Å². The van der Waals surface area contributed by atoms with Crippen molar-refractivity contribution >= 4 is 21.7 Å².